The molecule has 0 bridgehead atoms. The van der Waals surface area contributed by atoms with E-state index >= 15 is 0 Å². The second kappa shape index (κ2) is 7.84. The van der Waals surface area contributed by atoms with Gasteiger partial charge in [0.1, 0.15) is 0 Å². The molecule has 0 saturated heterocycles. The standard InChI is InChI=1S/C25H33ClO5/c1-5-8-31-23(30)22(29)20-13(2)9-16-15-7-6-14-10-18(27)17(26)11-24(14,3)21(15)19(28)12-25(16,20)4/h10-11,13,15-16,19-21,28H,5-9,12H2,1-4H3/t13?,15-,16-,19?,20+,21+,24-,25-/m0/s1. The second-order valence-electron chi connectivity index (χ2n) is 10.6. The summed E-state index contributed by atoms with van der Waals surface area (Å²) in [6.45, 7) is 8.36. The average molecular weight is 449 g/mol. The van der Waals surface area contributed by atoms with E-state index in [1.165, 1.54) is 0 Å². The van der Waals surface area contributed by atoms with Crippen LogP contribution in [0.2, 0.25) is 0 Å². The van der Waals surface area contributed by atoms with E-state index in [2.05, 4.69) is 13.8 Å². The van der Waals surface area contributed by atoms with Gasteiger partial charge in [0, 0.05) is 17.3 Å². The van der Waals surface area contributed by atoms with Crippen molar-refractivity contribution in [1.29, 1.82) is 0 Å². The molecular weight excluding hydrogens is 416 g/mol. The quantitative estimate of drug-likeness (QED) is 0.514. The summed E-state index contributed by atoms with van der Waals surface area (Å²) in [6, 6.07) is 0. The molecule has 31 heavy (non-hydrogen) atoms. The molecule has 2 unspecified atom stereocenters. The van der Waals surface area contributed by atoms with Crippen LogP contribution in [0.25, 0.3) is 0 Å². The number of aliphatic hydroxyl groups is 1. The Morgan fingerprint density at radius 3 is 2.71 bits per heavy atom. The normalized spacial score (nSPS) is 43.9. The van der Waals surface area contributed by atoms with Crippen molar-refractivity contribution in [2.24, 2.45) is 40.4 Å². The van der Waals surface area contributed by atoms with Crippen molar-refractivity contribution in [2.75, 3.05) is 6.61 Å². The summed E-state index contributed by atoms with van der Waals surface area (Å²) in [5, 5.41) is 11.6. The number of carbonyl (C=O) groups excluding carboxylic acids is 3. The number of esters is 1. The number of ether oxygens (including phenoxy) is 1. The zero-order valence-electron chi connectivity index (χ0n) is 18.8. The lowest BCUT2D eigenvalue weighted by atomic mass is 9.46. The summed E-state index contributed by atoms with van der Waals surface area (Å²) in [7, 11) is 0. The molecule has 3 saturated carbocycles. The van der Waals surface area contributed by atoms with Gasteiger partial charge in [-0.2, -0.15) is 0 Å². The van der Waals surface area contributed by atoms with Crippen LogP contribution < -0.4 is 0 Å². The first-order valence-electron chi connectivity index (χ1n) is 11.6. The van der Waals surface area contributed by atoms with Crippen molar-refractivity contribution in [3.63, 3.8) is 0 Å². The van der Waals surface area contributed by atoms with Crippen LogP contribution in [0.5, 0.6) is 0 Å². The molecule has 0 amide bonds. The summed E-state index contributed by atoms with van der Waals surface area (Å²) in [4.78, 5) is 37.7. The van der Waals surface area contributed by atoms with Gasteiger partial charge < -0.3 is 9.84 Å². The van der Waals surface area contributed by atoms with Gasteiger partial charge in [-0.15, -0.1) is 0 Å². The summed E-state index contributed by atoms with van der Waals surface area (Å²) < 4.78 is 5.17. The van der Waals surface area contributed by atoms with Gasteiger partial charge in [0.15, 0.2) is 5.78 Å². The van der Waals surface area contributed by atoms with Gasteiger partial charge in [0.25, 0.3) is 0 Å². The fourth-order valence-electron chi connectivity index (χ4n) is 7.70. The molecule has 4 rings (SSSR count). The molecule has 0 radical (unpaired) electrons. The zero-order valence-corrected chi connectivity index (χ0v) is 19.6. The number of aliphatic hydroxyl groups excluding tert-OH is 1. The van der Waals surface area contributed by atoms with E-state index in [4.69, 9.17) is 16.3 Å². The lowest BCUT2D eigenvalue weighted by molar-refractivity contribution is -0.162. The SMILES string of the molecule is CCCOC(=O)C(=O)[C@H]1C(C)C[C@H]2[C@@H]3CCC4=CC(=O)C(Cl)=C[C@]4(C)[C@H]3C(O)C[C@]12C. The highest BCUT2D eigenvalue weighted by molar-refractivity contribution is 6.44. The van der Waals surface area contributed by atoms with Crippen LogP contribution in [0.4, 0.5) is 0 Å². The van der Waals surface area contributed by atoms with E-state index < -0.39 is 34.6 Å². The Morgan fingerprint density at radius 2 is 2.03 bits per heavy atom. The van der Waals surface area contributed by atoms with Gasteiger partial charge in [0.05, 0.1) is 17.7 Å². The number of Topliss-reactive ketones (excluding diaryl/α,β-unsaturated/α-hetero) is 1. The predicted molar refractivity (Wildman–Crippen MR) is 117 cm³/mol. The molecule has 0 spiro atoms. The van der Waals surface area contributed by atoms with E-state index in [0.29, 0.717) is 12.8 Å². The minimum atomic E-state index is -0.737. The Hall–Kier alpha value is -1.46. The summed E-state index contributed by atoms with van der Waals surface area (Å²) in [6.07, 6.45) is 6.52. The van der Waals surface area contributed by atoms with Crippen molar-refractivity contribution in [3.05, 3.63) is 22.8 Å². The zero-order chi connectivity index (χ0) is 22.7. The molecule has 3 fully saturated rings. The molecule has 0 aromatic heterocycles. The lowest BCUT2D eigenvalue weighted by Gasteiger charge is -2.58. The van der Waals surface area contributed by atoms with Crippen LogP contribution >= 0.6 is 11.6 Å². The van der Waals surface area contributed by atoms with E-state index in [1.54, 1.807) is 6.08 Å². The van der Waals surface area contributed by atoms with E-state index in [1.807, 2.05) is 19.9 Å². The van der Waals surface area contributed by atoms with Gasteiger partial charge in [-0.1, -0.05) is 50.9 Å². The monoisotopic (exact) mass is 448 g/mol. The predicted octanol–water partition coefficient (Wildman–Crippen LogP) is 4.22. The smallest absolute Gasteiger partial charge is 0.374 e. The van der Waals surface area contributed by atoms with Crippen LogP contribution in [0, 0.1) is 40.4 Å². The fraction of sp³-hybridized carbons (Fsp3) is 0.720. The first-order chi connectivity index (χ1) is 14.5. The Balaban J connectivity index is 1.67. The molecule has 0 aromatic carbocycles. The van der Waals surface area contributed by atoms with Crippen molar-refractivity contribution in [3.8, 4) is 0 Å². The third-order valence-corrected chi connectivity index (χ3v) is 9.11. The van der Waals surface area contributed by atoms with Crippen LogP contribution in [-0.4, -0.2) is 35.4 Å². The van der Waals surface area contributed by atoms with Crippen LogP contribution in [0.1, 0.15) is 59.8 Å². The summed E-state index contributed by atoms with van der Waals surface area (Å²) in [5.74, 6) is -1.34. The summed E-state index contributed by atoms with van der Waals surface area (Å²) in [5.41, 5.74) is 0.144. The number of rotatable bonds is 4. The van der Waals surface area contributed by atoms with Gasteiger partial charge in [-0.05, 0) is 61.3 Å². The van der Waals surface area contributed by atoms with E-state index in [9.17, 15) is 19.5 Å². The molecule has 5 nitrogen and oxygen atoms in total. The molecule has 0 aromatic rings. The van der Waals surface area contributed by atoms with Gasteiger partial charge in [-0.25, -0.2) is 4.79 Å². The van der Waals surface area contributed by atoms with Crippen LogP contribution in [0.15, 0.2) is 22.8 Å². The lowest BCUT2D eigenvalue weighted by Crippen LogP contribution is -2.56. The molecule has 170 valence electrons. The van der Waals surface area contributed by atoms with Crippen molar-refractivity contribution >= 4 is 29.1 Å². The highest BCUT2D eigenvalue weighted by Crippen LogP contribution is 2.67. The largest absolute Gasteiger partial charge is 0.460 e. The van der Waals surface area contributed by atoms with Crippen molar-refractivity contribution < 1.29 is 24.2 Å². The topological polar surface area (TPSA) is 80.7 Å². The minimum Gasteiger partial charge on any atom is -0.460 e. The highest BCUT2D eigenvalue weighted by Gasteiger charge is 2.65. The summed E-state index contributed by atoms with van der Waals surface area (Å²) >= 11 is 6.25. The third kappa shape index (κ3) is 3.34. The first-order valence-corrected chi connectivity index (χ1v) is 11.9. The van der Waals surface area contributed by atoms with Crippen molar-refractivity contribution in [1.82, 2.24) is 0 Å². The second-order valence-corrected chi connectivity index (χ2v) is 11.0. The maximum Gasteiger partial charge on any atom is 0.374 e. The van der Waals surface area contributed by atoms with Crippen LogP contribution in [0.3, 0.4) is 0 Å². The highest BCUT2D eigenvalue weighted by atomic mass is 35.5. The average Bonchev–Trinajstić information content (AvgIpc) is 2.96. The van der Waals surface area contributed by atoms with Gasteiger partial charge in [0.2, 0.25) is 5.78 Å². The number of fused-ring (bicyclic) bond motifs is 5. The maximum atomic E-state index is 13.1. The van der Waals surface area contributed by atoms with Crippen molar-refractivity contribution in [2.45, 2.75) is 65.9 Å². The maximum absolute atomic E-state index is 13.1. The molecule has 4 aliphatic carbocycles. The molecule has 0 aliphatic heterocycles. The number of hydrogen-bond donors (Lipinski definition) is 1. The Bertz CT molecular complexity index is 875. The molecule has 6 heteroatoms. The van der Waals surface area contributed by atoms with E-state index in [-0.39, 0.29) is 41.1 Å². The molecule has 8 atom stereocenters. The Labute approximate surface area is 189 Å². The Kier molecular flexibility index (Phi) is 5.75. The number of carbonyl (C=O) groups is 3. The molecular formula is C25H33ClO5. The first kappa shape index (κ1) is 22.7. The number of halogens is 1. The Morgan fingerprint density at radius 1 is 1.32 bits per heavy atom. The molecule has 1 N–H and O–H groups in total. The number of hydrogen-bond acceptors (Lipinski definition) is 5. The molecule has 0 heterocycles. The van der Waals surface area contributed by atoms with Gasteiger partial charge >= 0.3 is 5.97 Å². The van der Waals surface area contributed by atoms with E-state index in [0.717, 1.165) is 24.8 Å². The molecule has 4 aliphatic rings. The third-order valence-electron chi connectivity index (χ3n) is 8.81. The minimum absolute atomic E-state index is 0.0550. The number of ketones is 2. The van der Waals surface area contributed by atoms with Gasteiger partial charge in [-0.3, -0.25) is 9.59 Å². The van der Waals surface area contributed by atoms with Crippen LogP contribution in [-0.2, 0) is 19.1 Å². The fourth-order valence-corrected chi connectivity index (χ4v) is 7.98. The number of allylic oxidation sites excluding steroid dienone is 4.